The van der Waals surface area contributed by atoms with Gasteiger partial charge in [-0.05, 0) is 56.5 Å². The Bertz CT molecular complexity index is 1340. The minimum atomic E-state index is -0.453. The number of halogens is 2. The van der Waals surface area contributed by atoms with Crippen LogP contribution in [-0.2, 0) is 0 Å². The van der Waals surface area contributed by atoms with Crippen LogP contribution in [0.5, 0.6) is 0 Å². The minimum Gasteiger partial charge on any atom is -0.393 e. The van der Waals surface area contributed by atoms with Gasteiger partial charge in [-0.15, -0.1) is 10.2 Å². The van der Waals surface area contributed by atoms with Gasteiger partial charge in [-0.3, -0.25) is 0 Å². The fraction of sp³-hybridized carbons (Fsp3) is 0.391. The molecule has 2 saturated heterocycles. The van der Waals surface area contributed by atoms with Crippen LogP contribution in [-0.4, -0.2) is 54.1 Å². The van der Waals surface area contributed by atoms with Gasteiger partial charge in [0.25, 0.3) is 0 Å². The zero-order valence-electron chi connectivity index (χ0n) is 18.3. The first-order chi connectivity index (χ1) is 16.6. The normalized spacial score (nSPS) is 23.1. The maximum absolute atomic E-state index is 14.5. The van der Waals surface area contributed by atoms with E-state index in [1.54, 1.807) is 16.9 Å². The Labute approximate surface area is 193 Å². The molecule has 0 aliphatic carbocycles. The van der Waals surface area contributed by atoms with Crippen LogP contribution in [0.3, 0.4) is 0 Å². The molecule has 4 aromatic rings. The fourth-order valence-electron chi connectivity index (χ4n) is 4.98. The Hall–Kier alpha value is -3.44. The lowest BCUT2D eigenvalue weighted by atomic mass is 10.0. The highest BCUT2D eigenvalue weighted by atomic mass is 19.1. The van der Waals surface area contributed by atoms with E-state index in [-0.39, 0.29) is 18.2 Å². The van der Waals surface area contributed by atoms with Crippen LogP contribution in [0.15, 0.2) is 36.7 Å². The summed E-state index contributed by atoms with van der Waals surface area (Å²) in [6.45, 7) is 1.40. The van der Waals surface area contributed by atoms with Crippen LogP contribution in [0.25, 0.3) is 17.0 Å². The first kappa shape index (κ1) is 21.1. The third-order valence-electron chi connectivity index (χ3n) is 6.68. The summed E-state index contributed by atoms with van der Waals surface area (Å²) in [4.78, 5) is 10.1. The number of nitrogens with zero attached hydrogens (tertiary/aromatic N) is 6. The van der Waals surface area contributed by atoms with Crippen molar-refractivity contribution < 1.29 is 13.9 Å². The average Bonchev–Trinajstić information content (AvgIpc) is 3.59. The molecule has 9 nitrogen and oxygen atoms in total. The Kier molecular flexibility index (Phi) is 5.22. The zero-order valence-corrected chi connectivity index (χ0v) is 18.3. The second-order valence-corrected chi connectivity index (χ2v) is 8.87. The number of hydrogen-bond acceptors (Lipinski definition) is 7. The summed E-state index contributed by atoms with van der Waals surface area (Å²) in [5.41, 5.74) is 1.61. The molecule has 0 bridgehead atoms. The number of fused-ring (bicyclic) bond motifs is 1. The van der Waals surface area contributed by atoms with Crippen molar-refractivity contribution in [3.63, 3.8) is 0 Å². The molecule has 3 aromatic heterocycles. The van der Waals surface area contributed by atoms with Gasteiger partial charge < -0.3 is 20.3 Å². The van der Waals surface area contributed by atoms with Gasteiger partial charge >= 0.3 is 0 Å². The van der Waals surface area contributed by atoms with E-state index in [0.717, 1.165) is 18.9 Å². The number of H-pyrrole nitrogens is 1. The van der Waals surface area contributed by atoms with Crippen molar-refractivity contribution in [3.05, 3.63) is 59.7 Å². The summed E-state index contributed by atoms with van der Waals surface area (Å²) in [6.07, 6.45) is 5.96. The van der Waals surface area contributed by atoms with Gasteiger partial charge in [-0.2, -0.15) is 5.10 Å². The highest BCUT2D eigenvalue weighted by Crippen LogP contribution is 2.37. The zero-order chi connectivity index (χ0) is 23.2. The number of aliphatic hydroxyl groups is 1. The molecule has 2 unspecified atom stereocenters. The summed E-state index contributed by atoms with van der Waals surface area (Å²) in [6, 6.07) is 5.02. The summed E-state index contributed by atoms with van der Waals surface area (Å²) in [5, 5.41) is 26.3. The third-order valence-corrected chi connectivity index (χ3v) is 6.68. The molecule has 2 fully saturated rings. The third kappa shape index (κ3) is 3.70. The molecule has 0 amide bonds. The Morgan fingerprint density at radius 2 is 2.03 bits per heavy atom. The Morgan fingerprint density at radius 3 is 2.91 bits per heavy atom. The van der Waals surface area contributed by atoms with E-state index in [0.29, 0.717) is 60.2 Å². The number of aliphatic hydroxyl groups excluding tert-OH is 1. The summed E-state index contributed by atoms with van der Waals surface area (Å²) in [5.74, 6) is 0.985. The molecule has 3 N–H and O–H groups in total. The van der Waals surface area contributed by atoms with Crippen LogP contribution in [0.4, 0.5) is 14.6 Å². The minimum absolute atomic E-state index is 0.0955. The lowest BCUT2D eigenvalue weighted by molar-refractivity contribution is 0.115. The quantitative estimate of drug-likeness (QED) is 0.425. The van der Waals surface area contributed by atoms with E-state index in [1.165, 1.54) is 12.1 Å². The number of anilines is 1. The van der Waals surface area contributed by atoms with Crippen molar-refractivity contribution in [2.45, 2.75) is 43.9 Å². The maximum atomic E-state index is 14.5. The van der Waals surface area contributed by atoms with Crippen molar-refractivity contribution in [3.8, 4) is 11.4 Å². The summed E-state index contributed by atoms with van der Waals surface area (Å²) in [7, 11) is 0. The van der Waals surface area contributed by atoms with Crippen molar-refractivity contribution in [2.75, 3.05) is 18.0 Å². The van der Waals surface area contributed by atoms with Crippen LogP contribution >= 0.6 is 0 Å². The smallest absolute Gasteiger partial charge is 0.168 e. The van der Waals surface area contributed by atoms with Crippen LogP contribution in [0.1, 0.15) is 49.2 Å². The number of rotatable bonds is 4. The first-order valence-corrected chi connectivity index (χ1v) is 11.5. The summed E-state index contributed by atoms with van der Waals surface area (Å²) < 4.78 is 30.0. The molecule has 2 aliphatic rings. The van der Waals surface area contributed by atoms with Gasteiger partial charge in [-0.1, -0.05) is 0 Å². The molecule has 1 aromatic carbocycles. The number of hydrogen-bond donors (Lipinski definition) is 3. The molecule has 2 aliphatic heterocycles. The largest absolute Gasteiger partial charge is 0.393 e. The van der Waals surface area contributed by atoms with Gasteiger partial charge in [-0.25, -0.2) is 18.3 Å². The molecular formula is C23H24F2N8O. The highest BCUT2D eigenvalue weighted by molar-refractivity contribution is 5.73. The van der Waals surface area contributed by atoms with Crippen molar-refractivity contribution in [1.29, 1.82) is 0 Å². The fourth-order valence-corrected chi connectivity index (χ4v) is 4.98. The van der Waals surface area contributed by atoms with Gasteiger partial charge in [0, 0.05) is 18.3 Å². The molecule has 5 heterocycles. The summed E-state index contributed by atoms with van der Waals surface area (Å²) >= 11 is 0. The second-order valence-electron chi connectivity index (χ2n) is 8.87. The molecule has 3 atom stereocenters. The predicted molar refractivity (Wildman–Crippen MR) is 120 cm³/mol. The SMILES string of the molecule is OC1CCNC(c2nnc(-c3cnn4ccc(N5CCC[C@@H]5c5cc(F)ccc5F)nc34)[nH]2)C1. The Balaban J connectivity index is 1.33. The van der Waals surface area contributed by atoms with E-state index in [4.69, 9.17) is 4.98 Å². The number of aromatic amines is 1. The van der Waals surface area contributed by atoms with Crippen LogP contribution in [0.2, 0.25) is 0 Å². The monoisotopic (exact) mass is 466 g/mol. The van der Waals surface area contributed by atoms with Crippen molar-refractivity contribution >= 4 is 11.5 Å². The van der Waals surface area contributed by atoms with Crippen LogP contribution in [0, 0.1) is 11.6 Å². The number of benzene rings is 1. The van der Waals surface area contributed by atoms with Crippen LogP contribution < -0.4 is 10.2 Å². The molecule has 0 radical (unpaired) electrons. The molecule has 34 heavy (non-hydrogen) atoms. The molecule has 0 saturated carbocycles. The first-order valence-electron chi connectivity index (χ1n) is 11.5. The number of nitrogens with one attached hydrogen (secondary N) is 2. The standard InChI is InChI=1S/C23H24F2N8O/c24-13-3-4-17(25)15(10-13)19-2-1-8-32(19)20-6-9-33-23(28-20)16(12-27-33)21-29-22(31-30-21)18-11-14(34)5-7-26-18/h3-4,6,9-10,12,14,18-19,26,34H,1-2,5,7-8,11H2,(H,29,30,31)/t14?,18?,19-/m1/s1. The van der Waals surface area contributed by atoms with Crippen molar-refractivity contribution in [2.24, 2.45) is 0 Å². The van der Waals surface area contributed by atoms with Gasteiger partial charge in [0.15, 0.2) is 11.5 Å². The Morgan fingerprint density at radius 1 is 1.12 bits per heavy atom. The lowest BCUT2D eigenvalue weighted by Gasteiger charge is -2.26. The number of aromatic nitrogens is 6. The van der Waals surface area contributed by atoms with E-state index >= 15 is 0 Å². The molecule has 0 spiro atoms. The van der Waals surface area contributed by atoms with E-state index in [2.05, 4.69) is 25.6 Å². The molecular weight excluding hydrogens is 442 g/mol. The van der Waals surface area contributed by atoms with E-state index in [9.17, 15) is 13.9 Å². The predicted octanol–water partition coefficient (Wildman–Crippen LogP) is 2.92. The average molecular weight is 466 g/mol. The lowest BCUT2D eigenvalue weighted by Crippen LogP contribution is -2.34. The number of piperidine rings is 1. The highest BCUT2D eigenvalue weighted by Gasteiger charge is 2.30. The molecule has 176 valence electrons. The van der Waals surface area contributed by atoms with E-state index in [1.807, 2.05) is 11.0 Å². The van der Waals surface area contributed by atoms with Gasteiger partial charge in [0.1, 0.15) is 23.3 Å². The topological polar surface area (TPSA) is 107 Å². The van der Waals surface area contributed by atoms with Gasteiger partial charge in [0.2, 0.25) is 0 Å². The maximum Gasteiger partial charge on any atom is 0.168 e. The second kappa shape index (κ2) is 8.41. The van der Waals surface area contributed by atoms with Gasteiger partial charge in [0.05, 0.1) is 29.9 Å². The molecule has 11 heteroatoms. The van der Waals surface area contributed by atoms with E-state index < -0.39 is 11.6 Å². The molecule has 6 rings (SSSR count). The van der Waals surface area contributed by atoms with Crippen molar-refractivity contribution in [1.82, 2.24) is 35.1 Å².